The molecule has 1 N–H and O–H groups in total. The van der Waals surface area contributed by atoms with Gasteiger partial charge >= 0.3 is 5.97 Å². The number of hydrogen-bond donors (Lipinski definition) is 1. The molecule has 0 heterocycles. The highest BCUT2D eigenvalue weighted by atomic mass is 35.5. The normalized spacial score (nSPS) is 11.9. The van der Waals surface area contributed by atoms with Gasteiger partial charge in [-0.25, -0.2) is 9.18 Å². The van der Waals surface area contributed by atoms with Crippen LogP contribution in [0.5, 0.6) is 0 Å². The summed E-state index contributed by atoms with van der Waals surface area (Å²) in [5.74, 6) is -1.76. The summed E-state index contributed by atoms with van der Waals surface area (Å²) in [6.45, 7) is 3.27. The lowest BCUT2D eigenvalue weighted by molar-refractivity contribution is -0.148. The molecule has 0 fully saturated rings. The molecule has 0 aliphatic heterocycles. The van der Waals surface area contributed by atoms with Crippen LogP contribution in [0.25, 0.3) is 0 Å². The van der Waals surface area contributed by atoms with Crippen LogP contribution in [0.3, 0.4) is 0 Å². The summed E-state index contributed by atoms with van der Waals surface area (Å²) in [5.41, 5.74) is 0.549. The van der Waals surface area contributed by atoms with Crippen LogP contribution >= 0.6 is 11.6 Å². The van der Waals surface area contributed by atoms with Crippen LogP contribution < -0.4 is 5.32 Å². The van der Waals surface area contributed by atoms with Crippen LogP contribution in [0.15, 0.2) is 48.5 Å². The first-order chi connectivity index (χ1) is 11.9. The fourth-order valence-corrected chi connectivity index (χ4v) is 2.43. The molecule has 2 rings (SSSR count). The van der Waals surface area contributed by atoms with E-state index in [2.05, 4.69) is 5.32 Å². The quantitative estimate of drug-likeness (QED) is 0.790. The maximum Gasteiger partial charge on any atom is 0.329 e. The van der Waals surface area contributed by atoms with Gasteiger partial charge in [-0.15, -0.1) is 0 Å². The molecule has 4 nitrogen and oxygen atoms in total. The van der Waals surface area contributed by atoms with Gasteiger partial charge in [-0.2, -0.15) is 0 Å². The fourth-order valence-electron chi connectivity index (χ4n) is 2.22. The largest absolute Gasteiger partial charge is 0.459 e. The Labute approximate surface area is 150 Å². The Balaban J connectivity index is 2.04. The Morgan fingerprint density at radius 3 is 2.40 bits per heavy atom. The molecule has 25 heavy (non-hydrogen) atoms. The van der Waals surface area contributed by atoms with Gasteiger partial charge in [-0.1, -0.05) is 49.7 Å². The highest BCUT2D eigenvalue weighted by Gasteiger charge is 2.26. The number of ether oxygens (including phenoxy) is 1. The summed E-state index contributed by atoms with van der Waals surface area (Å²) in [4.78, 5) is 24.6. The summed E-state index contributed by atoms with van der Waals surface area (Å²) >= 11 is 5.92. The molecule has 1 atom stereocenters. The fraction of sp³-hybridized carbons (Fsp3) is 0.263. The lowest BCUT2D eigenvalue weighted by Crippen LogP contribution is -2.45. The molecule has 0 spiro atoms. The molecule has 1 unspecified atom stereocenters. The molecule has 2 aromatic rings. The minimum Gasteiger partial charge on any atom is -0.459 e. The van der Waals surface area contributed by atoms with Crippen molar-refractivity contribution in [2.75, 3.05) is 0 Å². The topological polar surface area (TPSA) is 55.4 Å². The molecule has 0 radical (unpaired) electrons. The first-order valence-corrected chi connectivity index (χ1v) is 8.23. The third-order valence-corrected chi connectivity index (χ3v) is 4.02. The van der Waals surface area contributed by atoms with Crippen molar-refractivity contribution in [1.29, 1.82) is 0 Å². The number of esters is 1. The Morgan fingerprint density at radius 1 is 1.12 bits per heavy atom. The number of benzene rings is 2. The standard InChI is InChI=1S/C19H19ClFNO3/c1-12(2)17(22-18(23)13-7-4-3-5-8-13)19(24)25-11-14-15(20)9-6-10-16(14)21/h3-10,12,17H,11H2,1-2H3,(H,22,23). The molecule has 0 bridgehead atoms. The summed E-state index contributed by atoms with van der Waals surface area (Å²) in [5, 5.41) is 2.84. The van der Waals surface area contributed by atoms with Crippen molar-refractivity contribution in [2.24, 2.45) is 5.92 Å². The van der Waals surface area contributed by atoms with Crippen LogP contribution in [0.2, 0.25) is 5.02 Å². The zero-order chi connectivity index (χ0) is 18.4. The third-order valence-electron chi connectivity index (χ3n) is 3.66. The predicted molar refractivity (Wildman–Crippen MR) is 93.7 cm³/mol. The SMILES string of the molecule is CC(C)C(NC(=O)c1ccccc1)C(=O)OCc1c(F)cccc1Cl. The zero-order valence-corrected chi connectivity index (χ0v) is 14.7. The lowest BCUT2D eigenvalue weighted by Gasteiger charge is -2.21. The predicted octanol–water partition coefficient (Wildman–Crippen LogP) is 3.98. The molecule has 0 aliphatic carbocycles. The molecule has 6 heteroatoms. The Morgan fingerprint density at radius 2 is 1.80 bits per heavy atom. The van der Waals surface area contributed by atoms with E-state index in [0.717, 1.165) is 0 Å². The molecule has 132 valence electrons. The van der Waals surface area contributed by atoms with E-state index in [1.165, 1.54) is 18.2 Å². The summed E-state index contributed by atoms with van der Waals surface area (Å²) in [6.07, 6.45) is 0. The van der Waals surface area contributed by atoms with Gasteiger partial charge in [0.25, 0.3) is 5.91 Å². The highest BCUT2D eigenvalue weighted by Crippen LogP contribution is 2.20. The molecule has 0 aromatic heterocycles. The molecule has 0 aliphatic rings. The summed E-state index contributed by atoms with van der Waals surface area (Å²) in [7, 11) is 0. The van der Waals surface area contributed by atoms with Gasteiger partial charge in [0, 0.05) is 11.1 Å². The second-order valence-electron chi connectivity index (χ2n) is 5.87. The molecular formula is C19H19ClFNO3. The summed E-state index contributed by atoms with van der Waals surface area (Å²) in [6, 6.07) is 11.9. The number of hydrogen-bond acceptors (Lipinski definition) is 3. The minimum absolute atomic E-state index is 0.106. The van der Waals surface area contributed by atoms with Gasteiger partial charge in [0.2, 0.25) is 0 Å². The average Bonchev–Trinajstić information content (AvgIpc) is 2.59. The van der Waals surface area contributed by atoms with Gasteiger partial charge in [0.15, 0.2) is 0 Å². The smallest absolute Gasteiger partial charge is 0.329 e. The summed E-state index contributed by atoms with van der Waals surface area (Å²) < 4.78 is 18.9. The molecule has 0 saturated heterocycles. The second-order valence-corrected chi connectivity index (χ2v) is 6.28. The number of carbonyl (C=O) groups is 2. The van der Waals surface area contributed by atoms with E-state index in [4.69, 9.17) is 16.3 Å². The average molecular weight is 364 g/mol. The molecule has 2 aromatic carbocycles. The minimum atomic E-state index is -0.849. The van der Waals surface area contributed by atoms with Crippen molar-refractivity contribution >= 4 is 23.5 Å². The van der Waals surface area contributed by atoms with Crippen molar-refractivity contribution < 1.29 is 18.7 Å². The maximum absolute atomic E-state index is 13.7. The first-order valence-electron chi connectivity index (χ1n) is 7.85. The van der Waals surface area contributed by atoms with Gasteiger partial charge in [0.1, 0.15) is 18.5 Å². The first kappa shape index (κ1) is 18.9. The van der Waals surface area contributed by atoms with E-state index < -0.39 is 17.8 Å². The van der Waals surface area contributed by atoms with E-state index in [0.29, 0.717) is 5.56 Å². The van der Waals surface area contributed by atoms with Gasteiger partial charge < -0.3 is 10.1 Å². The number of amides is 1. The number of nitrogens with one attached hydrogen (secondary N) is 1. The van der Waals surface area contributed by atoms with E-state index in [1.54, 1.807) is 44.2 Å². The lowest BCUT2D eigenvalue weighted by atomic mass is 10.0. The van der Waals surface area contributed by atoms with Gasteiger partial charge in [-0.3, -0.25) is 4.79 Å². The number of halogens is 2. The van der Waals surface area contributed by atoms with Crippen molar-refractivity contribution in [2.45, 2.75) is 26.5 Å². The van der Waals surface area contributed by atoms with Crippen LogP contribution in [-0.2, 0) is 16.1 Å². The van der Waals surface area contributed by atoms with Crippen LogP contribution in [0, 0.1) is 11.7 Å². The highest BCUT2D eigenvalue weighted by molar-refractivity contribution is 6.31. The molecule has 1 amide bonds. The third kappa shape index (κ3) is 5.03. The Bertz CT molecular complexity index is 729. The Hall–Kier alpha value is -2.40. The van der Waals surface area contributed by atoms with Crippen LogP contribution in [-0.4, -0.2) is 17.9 Å². The van der Waals surface area contributed by atoms with Crippen molar-refractivity contribution in [3.05, 3.63) is 70.5 Å². The van der Waals surface area contributed by atoms with E-state index in [-0.39, 0.29) is 29.0 Å². The van der Waals surface area contributed by atoms with Gasteiger partial charge in [-0.05, 0) is 30.2 Å². The maximum atomic E-state index is 13.7. The van der Waals surface area contributed by atoms with Crippen molar-refractivity contribution in [3.8, 4) is 0 Å². The molecule has 0 saturated carbocycles. The second kappa shape index (κ2) is 8.62. The van der Waals surface area contributed by atoms with E-state index in [1.807, 2.05) is 0 Å². The Kier molecular flexibility index (Phi) is 6.53. The number of carbonyl (C=O) groups excluding carboxylic acids is 2. The van der Waals surface area contributed by atoms with Gasteiger partial charge in [0.05, 0.1) is 5.02 Å². The monoisotopic (exact) mass is 363 g/mol. The zero-order valence-electron chi connectivity index (χ0n) is 14.0. The molecular weight excluding hydrogens is 345 g/mol. The number of rotatable bonds is 6. The van der Waals surface area contributed by atoms with Crippen molar-refractivity contribution in [1.82, 2.24) is 5.32 Å². The van der Waals surface area contributed by atoms with Crippen LogP contribution in [0.1, 0.15) is 29.8 Å². The van der Waals surface area contributed by atoms with Crippen molar-refractivity contribution in [3.63, 3.8) is 0 Å². The van der Waals surface area contributed by atoms with Crippen LogP contribution in [0.4, 0.5) is 4.39 Å². The van der Waals surface area contributed by atoms with E-state index >= 15 is 0 Å². The van der Waals surface area contributed by atoms with E-state index in [9.17, 15) is 14.0 Å².